The first-order valence-electron chi connectivity index (χ1n) is 7.66. The van der Waals surface area contributed by atoms with Crippen LogP contribution in [0.4, 0.5) is 9.18 Å². The first kappa shape index (κ1) is 17.7. The van der Waals surface area contributed by atoms with Gasteiger partial charge in [-0.2, -0.15) is 0 Å². The van der Waals surface area contributed by atoms with Crippen molar-refractivity contribution in [3.63, 3.8) is 0 Å². The van der Waals surface area contributed by atoms with Gasteiger partial charge in [0.25, 0.3) is 0 Å². The summed E-state index contributed by atoms with van der Waals surface area (Å²) in [4.78, 5) is 11.7. The number of hydrogen-bond donors (Lipinski definition) is 3. The second kappa shape index (κ2) is 8.88. The molecule has 0 aliphatic heterocycles. The maximum atomic E-state index is 12.8. The zero-order valence-corrected chi connectivity index (χ0v) is 13.5. The maximum absolute atomic E-state index is 12.8. The molecule has 6 heteroatoms. The summed E-state index contributed by atoms with van der Waals surface area (Å²) >= 11 is 0. The molecule has 1 atom stereocenters. The number of aliphatic hydroxyl groups is 1. The lowest BCUT2D eigenvalue weighted by Crippen LogP contribution is -2.38. The smallest absolute Gasteiger partial charge is 0.314 e. The van der Waals surface area contributed by atoms with Crippen LogP contribution in [-0.2, 0) is 6.42 Å². The summed E-state index contributed by atoms with van der Waals surface area (Å²) in [6, 6.07) is 12.8. The third-order valence-corrected chi connectivity index (χ3v) is 3.57. The minimum atomic E-state index is -0.877. The summed E-state index contributed by atoms with van der Waals surface area (Å²) in [6.07, 6.45) is -0.185. The van der Waals surface area contributed by atoms with Crippen molar-refractivity contribution in [3.8, 4) is 5.75 Å². The van der Waals surface area contributed by atoms with Gasteiger partial charge in [0, 0.05) is 13.1 Å². The van der Waals surface area contributed by atoms with Gasteiger partial charge in [-0.05, 0) is 41.8 Å². The van der Waals surface area contributed by atoms with Crippen LogP contribution < -0.4 is 15.4 Å². The summed E-state index contributed by atoms with van der Waals surface area (Å²) in [5, 5.41) is 15.2. The number of rotatable bonds is 7. The Balaban J connectivity index is 1.68. The van der Waals surface area contributed by atoms with E-state index in [1.165, 1.54) is 24.3 Å². The second-order valence-electron chi connectivity index (χ2n) is 5.30. The molecular weight excluding hydrogens is 311 g/mol. The van der Waals surface area contributed by atoms with Gasteiger partial charge in [0.2, 0.25) is 0 Å². The third-order valence-electron chi connectivity index (χ3n) is 3.57. The Labute approximate surface area is 140 Å². The minimum absolute atomic E-state index is 0.0556. The summed E-state index contributed by atoms with van der Waals surface area (Å²) in [7, 11) is 1.61. The van der Waals surface area contributed by atoms with Gasteiger partial charge < -0.3 is 20.5 Å². The van der Waals surface area contributed by atoms with Crippen LogP contribution in [0.1, 0.15) is 17.2 Å². The molecule has 2 rings (SSSR count). The fourth-order valence-corrected chi connectivity index (χ4v) is 2.17. The molecule has 128 valence electrons. The van der Waals surface area contributed by atoms with E-state index in [4.69, 9.17) is 4.74 Å². The van der Waals surface area contributed by atoms with E-state index < -0.39 is 6.10 Å². The molecule has 24 heavy (non-hydrogen) atoms. The zero-order chi connectivity index (χ0) is 17.4. The van der Waals surface area contributed by atoms with Crippen LogP contribution >= 0.6 is 0 Å². The summed E-state index contributed by atoms with van der Waals surface area (Å²) in [5.74, 6) is 0.425. The fourth-order valence-electron chi connectivity index (χ4n) is 2.17. The molecule has 1 unspecified atom stereocenters. The van der Waals surface area contributed by atoms with Crippen LogP contribution in [0.15, 0.2) is 48.5 Å². The SMILES string of the molecule is COc1ccc(CCNC(=O)NCC(O)c2ccc(F)cc2)cc1. The number of aliphatic hydroxyl groups excluding tert-OH is 1. The predicted molar refractivity (Wildman–Crippen MR) is 89.5 cm³/mol. The number of benzene rings is 2. The monoisotopic (exact) mass is 332 g/mol. The Morgan fingerprint density at radius 2 is 1.79 bits per heavy atom. The molecule has 0 bridgehead atoms. The van der Waals surface area contributed by atoms with Gasteiger partial charge in [-0.3, -0.25) is 0 Å². The van der Waals surface area contributed by atoms with Gasteiger partial charge in [-0.15, -0.1) is 0 Å². The lowest BCUT2D eigenvalue weighted by molar-refractivity contribution is 0.173. The van der Waals surface area contributed by atoms with Crippen LogP contribution in [0.2, 0.25) is 0 Å². The molecule has 2 aromatic rings. The summed E-state index contributed by atoms with van der Waals surface area (Å²) in [6.45, 7) is 0.533. The third kappa shape index (κ3) is 5.55. The van der Waals surface area contributed by atoms with E-state index >= 15 is 0 Å². The number of carbonyl (C=O) groups is 1. The molecule has 5 nitrogen and oxygen atoms in total. The van der Waals surface area contributed by atoms with Crippen molar-refractivity contribution < 1.29 is 19.0 Å². The van der Waals surface area contributed by atoms with Gasteiger partial charge >= 0.3 is 6.03 Å². The molecule has 0 spiro atoms. The first-order valence-corrected chi connectivity index (χ1v) is 7.66. The highest BCUT2D eigenvalue weighted by Crippen LogP contribution is 2.12. The first-order chi connectivity index (χ1) is 11.6. The second-order valence-corrected chi connectivity index (χ2v) is 5.30. The number of ether oxygens (including phenoxy) is 1. The Hall–Kier alpha value is -2.60. The minimum Gasteiger partial charge on any atom is -0.497 e. The van der Waals surface area contributed by atoms with Crippen molar-refractivity contribution in [2.75, 3.05) is 20.2 Å². The topological polar surface area (TPSA) is 70.6 Å². The molecule has 0 radical (unpaired) electrons. The number of hydrogen-bond acceptors (Lipinski definition) is 3. The molecule has 0 aliphatic rings. The Kier molecular flexibility index (Phi) is 6.57. The molecule has 2 aromatic carbocycles. The predicted octanol–water partition coefficient (Wildman–Crippen LogP) is 2.41. The van der Waals surface area contributed by atoms with E-state index in [0.717, 1.165) is 11.3 Å². The normalized spacial score (nSPS) is 11.6. The summed E-state index contributed by atoms with van der Waals surface area (Å²) < 4.78 is 17.9. The number of amides is 2. The van der Waals surface area contributed by atoms with Crippen molar-refractivity contribution in [3.05, 3.63) is 65.5 Å². The van der Waals surface area contributed by atoms with Gasteiger partial charge in [-0.25, -0.2) is 9.18 Å². The highest BCUT2D eigenvalue weighted by Gasteiger charge is 2.09. The van der Waals surface area contributed by atoms with Crippen LogP contribution in [0.3, 0.4) is 0 Å². The molecular formula is C18H21FN2O3. The molecule has 2 amide bonds. The van der Waals surface area contributed by atoms with Gasteiger partial charge in [0.05, 0.1) is 13.2 Å². The van der Waals surface area contributed by atoms with Gasteiger partial charge in [-0.1, -0.05) is 24.3 Å². The number of nitrogens with one attached hydrogen (secondary N) is 2. The average Bonchev–Trinajstić information content (AvgIpc) is 2.61. The molecule has 0 saturated heterocycles. The maximum Gasteiger partial charge on any atom is 0.314 e. The average molecular weight is 332 g/mol. The van der Waals surface area contributed by atoms with Crippen molar-refractivity contribution in [2.24, 2.45) is 0 Å². The van der Waals surface area contributed by atoms with E-state index in [-0.39, 0.29) is 18.4 Å². The number of halogens is 1. The van der Waals surface area contributed by atoms with Crippen molar-refractivity contribution >= 4 is 6.03 Å². The Bertz CT molecular complexity index is 644. The summed E-state index contributed by atoms with van der Waals surface area (Å²) in [5.41, 5.74) is 1.64. The number of methoxy groups -OCH3 is 1. The van der Waals surface area contributed by atoms with Crippen LogP contribution in [0.25, 0.3) is 0 Å². The lowest BCUT2D eigenvalue weighted by atomic mass is 10.1. The Morgan fingerprint density at radius 1 is 1.12 bits per heavy atom. The standard InChI is InChI=1S/C18H21FN2O3/c1-24-16-8-2-13(3-9-16)10-11-20-18(23)21-12-17(22)14-4-6-15(19)7-5-14/h2-9,17,22H,10-12H2,1H3,(H2,20,21,23). The molecule has 0 fully saturated rings. The highest BCUT2D eigenvalue weighted by atomic mass is 19.1. The molecule has 0 heterocycles. The van der Waals surface area contributed by atoms with E-state index in [9.17, 15) is 14.3 Å². The molecule has 0 aromatic heterocycles. The van der Waals surface area contributed by atoms with E-state index in [0.29, 0.717) is 18.5 Å². The fraction of sp³-hybridized carbons (Fsp3) is 0.278. The zero-order valence-electron chi connectivity index (χ0n) is 13.5. The number of urea groups is 1. The largest absolute Gasteiger partial charge is 0.497 e. The van der Waals surface area contributed by atoms with Crippen molar-refractivity contribution in [1.82, 2.24) is 10.6 Å². The highest BCUT2D eigenvalue weighted by molar-refractivity contribution is 5.73. The van der Waals surface area contributed by atoms with Gasteiger partial charge in [0.15, 0.2) is 0 Å². The van der Waals surface area contributed by atoms with Crippen molar-refractivity contribution in [1.29, 1.82) is 0 Å². The molecule has 3 N–H and O–H groups in total. The van der Waals surface area contributed by atoms with E-state index in [1.54, 1.807) is 7.11 Å². The lowest BCUT2D eigenvalue weighted by Gasteiger charge is -2.13. The van der Waals surface area contributed by atoms with Crippen LogP contribution in [0, 0.1) is 5.82 Å². The van der Waals surface area contributed by atoms with E-state index in [2.05, 4.69) is 10.6 Å². The van der Waals surface area contributed by atoms with Crippen LogP contribution in [-0.4, -0.2) is 31.3 Å². The van der Waals surface area contributed by atoms with Gasteiger partial charge in [0.1, 0.15) is 11.6 Å². The van der Waals surface area contributed by atoms with Crippen molar-refractivity contribution in [2.45, 2.75) is 12.5 Å². The van der Waals surface area contributed by atoms with Crippen LogP contribution in [0.5, 0.6) is 5.75 Å². The van der Waals surface area contributed by atoms with E-state index in [1.807, 2.05) is 24.3 Å². The molecule has 0 aliphatic carbocycles. The quantitative estimate of drug-likeness (QED) is 0.729. The Morgan fingerprint density at radius 3 is 2.42 bits per heavy atom. The molecule has 0 saturated carbocycles. The number of carbonyl (C=O) groups excluding carboxylic acids is 1.